The molecule has 17 heavy (non-hydrogen) atoms. The largest absolute Gasteiger partial charge is 0.397 e. The van der Waals surface area contributed by atoms with Crippen LogP contribution >= 0.6 is 0 Å². The fourth-order valence-corrected chi connectivity index (χ4v) is 1.29. The Labute approximate surface area is 98.2 Å². The smallest absolute Gasteiger partial charge is 0.184 e. The molecule has 1 aromatic carbocycles. The number of nitrogens with one attached hydrogen (secondary N) is 1. The third-order valence-electron chi connectivity index (χ3n) is 2.36. The molecule has 0 saturated heterocycles. The summed E-state index contributed by atoms with van der Waals surface area (Å²) >= 11 is 0. The van der Waals surface area contributed by atoms with Gasteiger partial charge in [0.25, 0.3) is 0 Å². The van der Waals surface area contributed by atoms with Crippen LogP contribution in [0.4, 0.5) is 20.2 Å². The minimum absolute atomic E-state index is 0.0696. The quantitative estimate of drug-likeness (QED) is 0.631. The first-order valence-corrected chi connectivity index (χ1v) is 5.11. The number of anilines is 2. The second kappa shape index (κ2) is 4.65. The summed E-state index contributed by atoms with van der Waals surface area (Å²) in [4.78, 5) is 10.4. The molecule has 0 fully saturated rings. The van der Waals surface area contributed by atoms with E-state index in [1.54, 1.807) is 13.8 Å². The van der Waals surface area contributed by atoms with Crippen molar-refractivity contribution in [2.45, 2.75) is 26.3 Å². The van der Waals surface area contributed by atoms with Gasteiger partial charge in [0.2, 0.25) is 0 Å². The molecule has 6 heteroatoms. The molecule has 0 aliphatic heterocycles. The Morgan fingerprint density at radius 1 is 1.41 bits per heavy atom. The van der Waals surface area contributed by atoms with E-state index in [4.69, 9.17) is 5.73 Å². The van der Waals surface area contributed by atoms with Crippen molar-refractivity contribution in [3.63, 3.8) is 0 Å². The van der Waals surface area contributed by atoms with E-state index in [1.807, 2.05) is 0 Å². The van der Waals surface area contributed by atoms with Gasteiger partial charge < -0.3 is 11.1 Å². The molecule has 0 heterocycles. The van der Waals surface area contributed by atoms with Gasteiger partial charge in [0.1, 0.15) is 5.54 Å². The molecule has 0 amide bonds. The number of hydrogen-bond acceptors (Lipinski definition) is 4. The lowest BCUT2D eigenvalue weighted by Gasteiger charge is -2.18. The van der Waals surface area contributed by atoms with E-state index in [2.05, 4.69) is 10.5 Å². The van der Waals surface area contributed by atoms with Crippen LogP contribution in [0.15, 0.2) is 11.2 Å². The number of aryl methyl sites for hydroxylation is 1. The Kier molecular flexibility index (Phi) is 3.65. The van der Waals surface area contributed by atoms with Crippen LogP contribution in [0, 0.1) is 23.5 Å². The van der Waals surface area contributed by atoms with Crippen LogP contribution in [0.3, 0.4) is 0 Å². The summed E-state index contributed by atoms with van der Waals surface area (Å²) in [6, 6.07) is 1.34. The molecule has 0 atom stereocenters. The number of nitroso groups, excluding NO2 is 1. The van der Waals surface area contributed by atoms with Crippen molar-refractivity contribution in [1.29, 1.82) is 0 Å². The summed E-state index contributed by atoms with van der Waals surface area (Å²) in [6.45, 7) is 4.65. The summed E-state index contributed by atoms with van der Waals surface area (Å²) in [6.07, 6.45) is 0. The van der Waals surface area contributed by atoms with E-state index in [0.717, 1.165) is 0 Å². The van der Waals surface area contributed by atoms with Crippen LogP contribution in [0.25, 0.3) is 0 Å². The molecule has 0 aliphatic rings. The van der Waals surface area contributed by atoms with Gasteiger partial charge in [-0.05, 0) is 32.4 Å². The molecule has 0 unspecified atom stereocenters. The molecular formula is C11H15F2N3O. The number of nitrogens with zero attached hydrogens (tertiary/aromatic N) is 1. The highest BCUT2D eigenvalue weighted by Crippen LogP contribution is 2.28. The summed E-state index contributed by atoms with van der Waals surface area (Å²) in [5.41, 5.74) is 4.77. The molecule has 0 saturated carbocycles. The normalized spacial score (nSPS) is 11.4. The summed E-state index contributed by atoms with van der Waals surface area (Å²) in [5.74, 6) is -1.98. The third kappa shape index (κ3) is 2.89. The van der Waals surface area contributed by atoms with E-state index < -0.39 is 17.2 Å². The Balaban J connectivity index is 3.00. The molecular weight excluding hydrogens is 228 g/mol. The van der Waals surface area contributed by atoms with Gasteiger partial charge in [-0.1, -0.05) is 5.18 Å². The second-order valence-electron chi connectivity index (χ2n) is 4.54. The lowest BCUT2D eigenvalue weighted by atomic mass is 10.1. The average Bonchev–Trinajstić information content (AvgIpc) is 2.26. The first-order chi connectivity index (χ1) is 7.78. The van der Waals surface area contributed by atoms with Crippen LogP contribution < -0.4 is 11.1 Å². The minimum Gasteiger partial charge on any atom is -0.397 e. The number of benzene rings is 1. The maximum Gasteiger partial charge on any atom is 0.184 e. The number of nitrogens with two attached hydrogens (primary N) is 1. The van der Waals surface area contributed by atoms with Crippen molar-refractivity contribution in [2.24, 2.45) is 5.18 Å². The van der Waals surface area contributed by atoms with Gasteiger partial charge >= 0.3 is 0 Å². The molecule has 1 aromatic rings. The van der Waals surface area contributed by atoms with Crippen molar-refractivity contribution in [2.75, 3.05) is 17.6 Å². The van der Waals surface area contributed by atoms with Gasteiger partial charge in [0.15, 0.2) is 11.6 Å². The van der Waals surface area contributed by atoms with Crippen molar-refractivity contribution in [1.82, 2.24) is 0 Å². The van der Waals surface area contributed by atoms with Gasteiger partial charge in [-0.25, -0.2) is 8.78 Å². The summed E-state index contributed by atoms with van der Waals surface area (Å²) < 4.78 is 26.9. The molecule has 3 N–H and O–H groups in total. The van der Waals surface area contributed by atoms with Crippen LogP contribution in [-0.4, -0.2) is 12.1 Å². The minimum atomic E-state index is -1.04. The standard InChI is InChI=1S/C11H15F2N3O/c1-6-4-7(14)10(9(13)8(6)12)15-5-11(2,3)16-17/h4,15H,5,14H2,1-3H3. The fourth-order valence-electron chi connectivity index (χ4n) is 1.29. The molecule has 0 spiro atoms. The number of hydrogen-bond donors (Lipinski definition) is 2. The van der Waals surface area contributed by atoms with E-state index >= 15 is 0 Å². The highest BCUT2D eigenvalue weighted by molar-refractivity contribution is 5.68. The highest BCUT2D eigenvalue weighted by atomic mass is 19.2. The lowest BCUT2D eigenvalue weighted by molar-refractivity contribution is 0.501. The van der Waals surface area contributed by atoms with E-state index in [0.29, 0.717) is 0 Å². The predicted molar refractivity (Wildman–Crippen MR) is 63.9 cm³/mol. The fraction of sp³-hybridized carbons (Fsp3) is 0.455. The molecule has 0 bridgehead atoms. The number of nitrogen functional groups attached to an aromatic ring is 1. The molecule has 0 aromatic heterocycles. The molecule has 94 valence electrons. The molecule has 0 aliphatic carbocycles. The number of rotatable bonds is 4. The van der Waals surface area contributed by atoms with Gasteiger partial charge in [-0.3, -0.25) is 0 Å². The van der Waals surface area contributed by atoms with E-state index in [9.17, 15) is 13.7 Å². The maximum absolute atomic E-state index is 13.6. The van der Waals surface area contributed by atoms with Crippen molar-refractivity contribution < 1.29 is 8.78 Å². The van der Waals surface area contributed by atoms with E-state index in [-0.39, 0.29) is 23.5 Å². The topological polar surface area (TPSA) is 67.5 Å². The van der Waals surface area contributed by atoms with E-state index in [1.165, 1.54) is 13.0 Å². The monoisotopic (exact) mass is 243 g/mol. The van der Waals surface area contributed by atoms with Crippen LogP contribution in [-0.2, 0) is 0 Å². The van der Waals surface area contributed by atoms with Gasteiger partial charge in [0.05, 0.1) is 11.4 Å². The zero-order valence-electron chi connectivity index (χ0n) is 9.97. The molecule has 1 rings (SSSR count). The first-order valence-electron chi connectivity index (χ1n) is 5.11. The van der Waals surface area contributed by atoms with Gasteiger partial charge in [-0.15, -0.1) is 0 Å². The zero-order valence-corrected chi connectivity index (χ0v) is 9.97. The Morgan fingerprint density at radius 2 is 2.00 bits per heavy atom. The van der Waals surface area contributed by atoms with Gasteiger partial charge in [-0.2, -0.15) is 4.91 Å². The first kappa shape index (κ1) is 13.3. The highest BCUT2D eigenvalue weighted by Gasteiger charge is 2.21. The average molecular weight is 243 g/mol. The van der Waals surface area contributed by atoms with Gasteiger partial charge in [0, 0.05) is 6.54 Å². The van der Waals surface area contributed by atoms with Crippen molar-refractivity contribution in [3.8, 4) is 0 Å². The summed E-state index contributed by atoms with van der Waals surface area (Å²) in [5, 5.41) is 5.47. The van der Waals surface area contributed by atoms with Crippen LogP contribution in [0.2, 0.25) is 0 Å². The van der Waals surface area contributed by atoms with Crippen molar-refractivity contribution in [3.05, 3.63) is 28.2 Å². The number of halogens is 2. The Hall–Kier alpha value is -1.72. The maximum atomic E-state index is 13.6. The SMILES string of the molecule is Cc1cc(N)c(NCC(C)(C)N=O)c(F)c1F. The lowest BCUT2D eigenvalue weighted by Crippen LogP contribution is -2.28. The predicted octanol–water partition coefficient (Wildman–Crippen LogP) is 2.81. The zero-order chi connectivity index (χ0) is 13.2. The van der Waals surface area contributed by atoms with Crippen LogP contribution in [0.1, 0.15) is 19.4 Å². The third-order valence-corrected chi connectivity index (χ3v) is 2.36. The Bertz CT molecular complexity index is 447. The van der Waals surface area contributed by atoms with Crippen LogP contribution in [0.5, 0.6) is 0 Å². The molecule has 4 nitrogen and oxygen atoms in total. The van der Waals surface area contributed by atoms with Crippen molar-refractivity contribution >= 4 is 11.4 Å². The second-order valence-corrected chi connectivity index (χ2v) is 4.54. The summed E-state index contributed by atoms with van der Waals surface area (Å²) in [7, 11) is 0. The Morgan fingerprint density at radius 3 is 2.53 bits per heavy atom. The molecule has 0 radical (unpaired) electrons.